The Balaban J connectivity index is -0.0000000800. The molecule has 0 unspecified atom stereocenters. The SMILES string of the molecule is O[Si](O)(O)Cl.[BeH2].[SrH2]. The van der Waals surface area contributed by atoms with Crippen LogP contribution in [0.25, 0.3) is 0 Å². The van der Waals surface area contributed by atoms with Crippen molar-refractivity contribution in [3.63, 3.8) is 0 Å². The van der Waals surface area contributed by atoms with Crippen molar-refractivity contribution in [1.82, 2.24) is 0 Å². The van der Waals surface area contributed by atoms with Gasteiger partial charge in [-0.15, -0.1) is 0 Å². The Bertz CT molecular complexity index is 30.4. The van der Waals surface area contributed by atoms with E-state index in [-0.39, 0.29) is 55.6 Å². The van der Waals surface area contributed by atoms with Crippen LogP contribution in [0.2, 0.25) is 0 Å². The van der Waals surface area contributed by atoms with Crippen molar-refractivity contribution in [2.45, 2.75) is 0 Å². The molecule has 0 spiro atoms. The first kappa shape index (κ1) is 16.0. The Kier molecular flexibility index (Phi) is 14.1. The fourth-order valence-electron chi connectivity index (χ4n) is 0. The first-order chi connectivity index (χ1) is 2.00. The fourth-order valence-corrected chi connectivity index (χ4v) is 0. The Morgan fingerprint density at radius 1 is 1.14 bits per heavy atom. The second-order valence-electron chi connectivity index (χ2n) is 0.554. The van der Waals surface area contributed by atoms with Gasteiger partial charge < -0.3 is 14.4 Å². The average Bonchev–Trinajstić information content (AvgIpc) is 0.722. The van der Waals surface area contributed by atoms with Crippen LogP contribution < -0.4 is 0 Å². The Hall–Kier alpha value is 2.04. The zero-order valence-corrected chi connectivity index (χ0v) is 3.98. The standard InChI is InChI=1S/Be.ClH3O3Si.Sr.4H/c;1-5(2,3)4;;;;;/h;2-4H;;;;;. The fraction of sp³-hybridized carbons (Fsp3) is 0. The van der Waals surface area contributed by atoms with Crippen molar-refractivity contribution in [2.24, 2.45) is 0 Å². The minimum absolute atomic E-state index is 0. The van der Waals surface area contributed by atoms with E-state index in [1.807, 2.05) is 0 Å². The van der Waals surface area contributed by atoms with Crippen LogP contribution >= 0.6 is 11.1 Å². The van der Waals surface area contributed by atoms with Crippen LogP contribution in [0.15, 0.2) is 0 Å². The quantitative estimate of drug-likeness (QED) is 0.295. The van der Waals surface area contributed by atoms with Crippen LogP contribution in [-0.2, 0) is 0 Å². The molecule has 40 valence electrons. The molecule has 3 N–H and O–H groups in total. The zero-order valence-electron chi connectivity index (χ0n) is 2.22. The summed E-state index contributed by atoms with van der Waals surface area (Å²) in [7, 11) is -4.14. The van der Waals surface area contributed by atoms with E-state index >= 15 is 0 Å². The summed E-state index contributed by atoms with van der Waals surface area (Å²) < 4.78 is 0. The van der Waals surface area contributed by atoms with Gasteiger partial charge in [0.15, 0.2) is 0 Å². The summed E-state index contributed by atoms with van der Waals surface area (Å²) in [5, 5.41) is 0. The molecule has 0 fully saturated rings. The summed E-state index contributed by atoms with van der Waals surface area (Å²) >= 11 is 4.34. The van der Waals surface area contributed by atoms with E-state index in [0.29, 0.717) is 0 Å². The van der Waals surface area contributed by atoms with E-state index in [4.69, 9.17) is 14.4 Å². The van der Waals surface area contributed by atoms with E-state index in [2.05, 4.69) is 11.1 Å². The van der Waals surface area contributed by atoms with Crippen LogP contribution in [0.3, 0.4) is 0 Å². The third-order valence-corrected chi connectivity index (χ3v) is 0. The predicted octanol–water partition coefficient (Wildman–Crippen LogP) is -3.19. The van der Waals surface area contributed by atoms with Gasteiger partial charge >= 0.3 is 63.7 Å². The van der Waals surface area contributed by atoms with Crippen LogP contribution in [0.4, 0.5) is 0 Å². The second-order valence-corrected chi connectivity index (χ2v) is 3.18. The van der Waals surface area contributed by atoms with Crippen LogP contribution in [0.5, 0.6) is 0 Å². The van der Waals surface area contributed by atoms with Gasteiger partial charge in [-0.05, 0) is 0 Å². The van der Waals surface area contributed by atoms with E-state index in [1.54, 1.807) is 0 Å². The normalized spacial score (nSPS) is 8.57. The molecule has 0 amide bonds. The van der Waals surface area contributed by atoms with Crippen molar-refractivity contribution in [3.8, 4) is 0 Å². The third-order valence-electron chi connectivity index (χ3n) is 0. The van der Waals surface area contributed by atoms with Crippen molar-refractivity contribution < 1.29 is 14.4 Å². The number of hydrogen-bond donors (Lipinski definition) is 3. The molecule has 0 saturated heterocycles. The van der Waals surface area contributed by atoms with Crippen molar-refractivity contribution >= 4 is 74.8 Å². The molecule has 3 nitrogen and oxygen atoms in total. The molecule has 0 saturated carbocycles. The van der Waals surface area contributed by atoms with Gasteiger partial charge in [0.1, 0.15) is 0 Å². The van der Waals surface area contributed by atoms with Gasteiger partial charge in [0.05, 0.1) is 0 Å². The molecule has 0 aromatic carbocycles. The Labute approximate surface area is 87.9 Å². The molecule has 0 radical (unpaired) electrons. The molecule has 0 aliphatic heterocycles. The van der Waals surface area contributed by atoms with E-state index in [0.717, 1.165) is 0 Å². The molecule has 0 aliphatic rings. The van der Waals surface area contributed by atoms with Crippen LogP contribution in [-0.4, -0.2) is 78.1 Å². The molecule has 0 atom stereocenters. The van der Waals surface area contributed by atoms with Gasteiger partial charge in [0.25, 0.3) is 0 Å². The molecule has 0 aliphatic carbocycles. The number of hydrogen-bond acceptors (Lipinski definition) is 3. The molecule has 0 rings (SSSR count). The maximum absolute atomic E-state index is 7.54. The Morgan fingerprint density at radius 3 is 1.14 bits per heavy atom. The van der Waals surface area contributed by atoms with Gasteiger partial charge in [-0.25, -0.2) is 0 Å². The molecular formula is H7BeClO3SiSr. The van der Waals surface area contributed by atoms with E-state index in [1.165, 1.54) is 0 Å². The molecular weight excluding hydrogens is 208 g/mol. The summed E-state index contributed by atoms with van der Waals surface area (Å²) in [5.41, 5.74) is 0. The molecule has 0 bridgehead atoms. The second kappa shape index (κ2) is 6.16. The molecule has 0 aromatic heterocycles. The average molecular weight is 215 g/mol. The van der Waals surface area contributed by atoms with Gasteiger partial charge in [0, 0.05) is 0 Å². The first-order valence-corrected chi connectivity index (χ1v) is 3.71. The monoisotopic (exact) mass is 215 g/mol. The summed E-state index contributed by atoms with van der Waals surface area (Å²) in [6.45, 7) is 0. The maximum atomic E-state index is 7.54. The van der Waals surface area contributed by atoms with E-state index in [9.17, 15) is 0 Å². The van der Waals surface area contributed by atoms with Gasteiger partial charge in [-0.1, -0.05) is 11.1 Å². The molecule has 7 heavy (non-hydrogen) atoms. The van der Waals surface area contributed by atoms with Crippen molar-refractivity contribution in [1.29, 1.82) is 0 Å². The molecule has 0 heterocycles. The summed E-state index contributed by atoms with van der Waals surface area (Å²) in [6, 6.07) is 0. The topological polar surface area (TPSA) is 60.7 Å². The molecule has 0 aromatic rings. The van der Waals surface area contributed by atoms with Crippen LogP contribution in [0.1, 0.15) is 0 Å². The summed E-state index contributed by atoms with van der Waals surface area (Å²) in [5.74, 6) is 0. The van der Waals surface area contributed by atoms with E-state index < -0.39 is 8.11 Å². The summed E-state index contributed by atoms with van der Waals surface area (Å²) in [6.07, 6.45) is 0. The number of halogens is 1. The third kappa shape index (κ3) is 70.6. The van der Waals surface area contributed by atoms with Gasteiger partial charge in [-0.2, -0.15) is 0 Å². The van der Waals surface area contributed by atoms with Crippen molar-refractivity contribution in [3.05, 3.63) is 0 Å². The van der Waals surface area contributed by atoms with Gasteiger partial charge in [-0.3, -0.25) is 0 Å². The number of rotatable bonds is 0. The first-order valence-electron chi connectivity index (χ1n) is 0.860. The Morgan fingerprint density at radius 2 is 1.14 bits per heavy atom. The minimum atomic E-state index is -4.14. The van der Waals surface area contributed by atoms with Gasteiger partial charge in [0.2, 0.25) is 0 Å². The zero-order chi connectivity index (χ0) is 4.50. The van der Waals surface area contributed by atoms with Crippen molar-refractivity contribution in [2.75, 3.05) is 0 Å². The van der Waals surface area contributed by atoms with Crippen LogP contribution in [0, 0.1) is 0 Å². The predicted molar refractivity (Wildman–Crippen MR) is 35.4 cm³/mol. The summed E-state index contributed by atoms with van der Waals surface area (Å²) in [4.78, 5) is 22.6. The molecule has 7 heteroatoms.